The Balaban J connectivity index is 1.67. The van der Waals surface area contributed by atoms with Crippen LogP contribution in [0.5, 0.6) is 11.5 Å². The molecule has 1 amide bonds. The lowest BCUT2D eigenvalue weighted by molar-refractivity contribution is -0.120. The lowest BCUT2D eigenvalue weighted by Gasteiger charge is -2.22. The number of hydrogen-bond donors (Lipinski definition) is 2. The maximum Gasteiger partial charge on any atom is 0.226 e. The number of hydrogen-bond acceptors (Lipinski definition) is 5. The Kier molecular flexibility index (Phi) is 6.23. The number of nitrogens with zero attached hydrogens (tertiary/aromatic N) is 1. The average Bonchev–Trinajstić information content (AvgIpc) is 3.39. The third-order valence-corrected chi connectivity index (χ3v) is 6.14. The van der Waals surface area contributed by atoms with Crippen molar-refractivity contribution < 1.29 is 14.3 Å². The molecule has 1 unspecified atom stereocenters. The Labute approximate surface area is 185 Å². The van der Waals surface area contributed by atoms with Crippen LogP contribution in [-0.4, -0.2) is 36.6 Å². The lowest BCUT2D eigenvalue weighted by Crippen LogP contribution is -2.30. The Bertz CT molecular complexity index is 1200. The van der Waals surface area contributed by atoms with Crippen LogP contribution in [0.3, 0.4) is 0 Å². The average molecular weight is 436 g/mol. The minimum atomic E-state index is -0.123. The highest BCUT2D eigenvalue weighted by Crippen LogP contribution is 2.40. The van der Waals surface area contributed by atoms with E-state index < -0.39 is 0 Å². The van der Waals surface area contributed by atoms with Crippen LogP contribution >= 0.6 is 11.3 Å². The van der Waals surface area contributed by atoms with E-state index in [0.29, 0.717) is 18.0 Å². The van der Waals surface area contributed by atoms with Crippen molar-refractivity contribution in [3.8, 4) is 11.5 Å². The minimum absolute atomic E-state index is 0.0583. The van der Waals surface area contributed by atoms with Crippen LogP contribution in [-0.2, 0) is 11.2 Å². The van der Waals surface area contributed by atoms with Crippen molar-refractivity contribution in [2.75, 3.05) is 20.8 Å². The Morgan fingerprint density at radius 3 is 2.71 bits per heavy atom. The van der Waals surface area contributed by atoms with Crippen LogP contribution in [0, 0.1) is 6.92 Å². The van der Waals surface area contributed by atoms with Gasteiger partial charge in [-0.1, -0.05) is 30.3 Å². The molecule has 0 spiro atoms. The molecule has 0 bridgehead atoms. The van der Waals surface area contributed by atoms with Gasteiger partial charge in [-0.3, -0.25) is 4.79 Å². The van der Waals surface area contributed by atoms with E-state index in [1.54, 1.807) is 25.6 Å². The first-order valence-corrected chi connectivity index (χ1v) is 10.9. The van der Waals surface area contributed by atoms with E-state index in [9.17, 15) is 4.79 Å². The van der Waals surface area contributed by atoms with E-state index in [2.05, 4.69) is 21.4 Å². The molecule has 2 N–H and O–H groups in total. The number of carbonyl (C=O) groups excluding carboxylic acids is 1. The van der Waals surface area contributed by atoms with Gasteiger partial charge in [-0.2, -0.15) is 0 Å². The number of thiazole rings is 1. The second-order valence-corrected chi connectivity index (χ2v) is 8.33. The minimum Gasteiger partial charge on any atom is -0.493 e. The van der Waals surface area contributed by atoms with Gasteiger partial charge in [0.05, 0.1) is 31.3 Å². The Morgan fingerprint density at radius 2 is 1.97 bits per heavy atom. The number of para-hydroxylation sites is 2. The monoisotopic (exact) mass is 435 g/mol. The van der Waals surface area contributed by atoms with Crippen molar-refractivity contribution in [1.82, 2.24) is 15.3 Å². The molecule has 0 fully saturated rings. The predicted octanol–water partition coefficient (Wildman–Crippen LogP) is 4.44. The summed E-state index contributed by atoms with van der Waals surface area (Å²) in [5.74, 6) is 1.15. The standard InChI is InChI=1S/C24H25N3O3S/c1-15-27-16(14-31-15)11-23(28)26-13-20(18-8-6-10-22(29-2)24(18)30-3)19-12-25-21-9-5-4-7-17(19)21/h4-10,12,14,20,25H,11,13H2,1-3H3,(H,26,28). The highest BCUT2D eigenvalue weighted by Gasteiger charge is 2.24. The number of benzene rings is 2. The van der Waals surface area contributed by atoms with Gasteiger partial charge in [-0.25, -0.2) is 4.98 Å². The van der Waals surface area contributed by atoms with Crippen molar-refractivity contribution in [2.45, 2.75) is 19.3 Å². The number of carbonyl (C=O) groups is 1. The predicted molar refractivity (Wildman–Crippen MR) is 123 cm³/mol. The molecule has 4 aromatic rings. The van der Waals surface area contributed by atoms with E-state index in [-0.39, 0.29) is 18.2 Å². The molecule has 0 aliphatic rings. The van der Waals surface area contributed by atoms with Crippen LogP contribution in [0.1, 0.15) is 27.7 Å². The van der Waals surface area contributed by atoms with Crippen LogP contribution < -0.4 is 14.8 Å². The summed E-state index contributed by atoms with van der Waals surface area (Å²) in [7, 11) is 3.26. The zero-order chi connectivity index (χ0) is 21.8. The van der Waals surface area contributed by atoms with Crippen molar-refractivity contribution in [2.24, 2.45) is 0 Å². The van der Waals surface area contributed by atoms with Crippen molar-refractivity contribution in [1.29, 1.82) is 0 Å². The summed E-state index contributed by atoms with van der Waals surface area (Å²) in [6, 6.07) is 14.0. The molecule has 7 heteroatoms. The van der Waals surface area contributed by atoms with Crippen LogP contribution in [0.15, 0.2) is 54.0 Å². The third-order valence-electron chi connectivity index (χ3n) is 5.32. The summed E-state index contributed by atoms with van der Waals surface area (Å²) >= 11 is 1.55. The fraction of sp³-hybridized carbons (Fsp3) is 0.250. The van der Waals surface area contributed by atoms with Crippen LogP contribution in [0.25, 0.3) is 10.9 Å². The van der Waals surface area contributed by atoms with Gasteiger partial charge in [0, 0.05) is 40.5 Å². The number of H-pyrrole nitrogens is 1. The molecule has 6 nitrogen and oxygen atoms in total. The Morgan fingerprint density at radius 1 is 1.13 bits per heavy atom. The molecule has 0 radical (unpaired) electrons. The van der Waals surface area contributed by atoms with E-state index in [0.717, 1.165) is 32.7 Å². The molecular formula is C24H25N3O3S. The highest BCUT2D eigenvalue weighted by molar-refractivity contribution is 7.09. The van der Waals surface area contributed by atoms with Crippen LogP contribution in [0.2, 0.25) is 0 Å². The summed E-state index contributed by atoms with van der Waals surface area (Å²) in [5, 5.41) is 7.10. The van der Waals surface area contributed by atoms with Gasteiger partial charge >= 0.3 is 0 Å². The molecule has 4 rings (SSSR count). The Hall–Kier alpha value is -3.32. The number of aromatic nitrogens is 2. The molecule has 0 aliphatic carbocycles. The van der Waals surface area contributed by atoms with Gasteiger partial charge in [0.15, 0.2) is 11.5 Å². The number of ether oxygens (including phenoxy) is 2. The van der Waals surface area contributed by atoms with Gasteiger partial charge in [-0.05, 0) is 24.6 Å². The molecule has 0 saturated carbocycles. The molecule has 0 aliphatic heterocycles. The first-order valence-electron chi connectivity index (χ1n) is 10.0. The number of methoxy groups -OCH3 is 2. The fourth-order valence-electron chi connectivity index (χ4n) is 3.89. The molecular weight excluding hydrogens is 410 g/mol. The van der Waals surface area contributed by atoms with Crippen LogP contribution in [0.4, 0.5) is 0 Å². The normalized spacial score (nSPS) is 12.0. The second kappa shape index (κ2) is 9.22. The highest BCUT2D eigenvalue weighted by atomic mass is 32.1. The molecule has 160 valence electrons. The third kappa shape index (κ3) is 4.41. The van der Waals surface area contributed by atoms with E-state index in [1.165, 1.54) is 0 Å². The van der Waals surface area contributed by atoms with E-state index in [4.69, 9.17) is 9.47 Å². The summed E-state index contributed by atoms with van der Waals surface area (Å²) < 4.78 is 11.2. The summed E-state index contributed by atoms with van der Waals surface area (Å²) in [5.41, 5.74) is 3.89. The maximum atomic E-state index is 12.7. The largest absolute Gasteiger partial charge is 0.493 e. The molecule has 31 heavy (non-hydrogen) atoms. The quantitative estimate of drug-likeness (QED) is 0.429. The first-order chi connectivity index (χ1) is 15.1. The second-order valence-electron chi connectivity index (χ2n) is 7.26. The SMILES string of the molecule is COc1cccc(C(CNC(=O)Cc2csc(C)n2)c2c[nH]c3ccccc23)c1OC. The summed E-state index contributed by atoms with van der Waals surface area (Å²) in [4.78, 5) is 20.4. The van der Waals surface area contributed by atoms with Crippen molar-refractivity contribution in [3.05, 3.63) is 75.9 Å². The smallest absolute Gasteiger partial charge is 0.226 e. The van der Waals surface area contributed by atoms with Gasteiger partial charge in [0.2, 0.25) is 5.91 Å². The van der Waals surface area contributed by atoms with Crippen molar-refractivity contribution >= 4 is 28.1 Å². The van der Waals surface area contributed by atoms with Gasteiger partial charge in [0.1, 0.15) is 0 Å². The first kappa shape index (κ1) is 20.9. The maximum absolute atomic E-state index is 12.7. The molecule has 2 aromatic heterocycles. The summed E-state index contributed by atoms with van der Waals surface area (Å²) in [6.07, 6.45) is 2.27. The van der Waals surface area contributed by atoms with Gasteiger partial charge in [-0.15, -0.1) is 11.3 Å². The molecule has 1 atom stereocenters. The van der Waals surface area contributed by atoms with E-state index in [1.807, 2.05) is 54.9 Å². The topological polar surface area (TPSA) is 76.2 Å². The molecule has 0 saturated heterocycles. The lowest BCUT2D eigenvalue weighted by atomic mass is 9.89. The molecule has 2 heterocycles. The van der Waals surface area contributed by atoms with E-state index >= 15 is 0 Å². The molecule has 2 aromatic carbocycles. The number of nitrogens with one attached hydrogen (secondary N) is 2. The number of amides is 1. The van der Waals surface area contributed by atoms with Crippen molar-refractivity contribution in [3.63, 3.8) is 0 Å². The zero-order valence-corrected chi connectivity index (χ0v) is 18.6. The summed E-state index contributed by atoms with van der Waals surface area (Å²) in [6.45, 7) is 2.36. The van der Waals surface area contributed by atoms with Gasteiger partial charge < -0.3 is 19.8 Å². The number of aryl methyl sites for hydroxylation is 1. The number of aromatic amines is 1. The number of rotatable bonds is 8. The van der Waals surface area contributed by atoms with Gasteiger partial charge in [0.25, 0.3) is 0 Å². The number of fused-ring (bicyclic) bond motifs is 1. The zero-order valence-electron chi connectivity index (χ0n) is 17.8. The fourth-order valence-corrected chi connectivity index (χ4v) is 4.50.